The van der Waals surface area contributed by atoms with E-state index in [1.807, 2.05) is 24.3 Å². The number of aliphatic hydroxyl groups is 1. The lowest BCUT2D eigenvalue weighted by Gasteiger charge is -2.31. The third-order valence-electron chi connectivity index (χ3n) is 6.84. The molecule has 1 aliphatic heterocycles. The SMILES string of the molecule is CCCCc1ccc(NC(=O)Nc2[nH]c(Cc3ccc(C(=O)N4CCC(CCO)CC4)o3)nc2OC(N)=O)cc1. The van der Waals surface area contributed by atoms with E-state index >= 15 is 0 Å². The normalized spacial score (nSPS) is 13.7. The standard InChI is InChI=1S/C28H36N6O6/c1-2-3-4-18-5-7-20(8-6-18)30-28(38)33-24-25(40-27(29)37)32-23(31-24)17-21-9-10-22(39-21)26(36)34-14-11-19(12-15-34)13-16-35/h5-10,19,35H,2-4,11-17H2,1H3,(H2,29,37)(H,31,32)(H2,30,33,38). The van der Waals surface area contributed by atoms with Crippen molar-refractivity contribution in [2.24, 2.45) is 11.7 Å². The van der Waals surface area contributed by atoms with Gasteiger partial charge in [-0.25, -0.2) is 9.59 Å². The molecular formula is C28H36N6O6. The fourth-order valence-corrected chi connectivity index (χ4v) is 4.67. The number of carbonyl (C=O) groups is 3. The molecule has 0 saturated carbocycles. The summed E-state index contributed by atoms with van der Waals surface area (Å²) in [5, 5.41) is 14.5. The third-order valence-corrected chi connectivity index (χ3v) is 6.84. The molecule has 0 bridgehead atoms. The maximum Gasteiger partial charge on any atom is 0.411 e. The van der Waals surface area contributed by atoms with Crippen molar-refractivity contribution in [2.75, 3.05) is 30.3 Å². The number of furan rings is 1. The van der Waals surface area contributed by atoms with E-state index < -0.39 is 12.1 Å². The zero-order valence-electron chi connectivity index (χ0n) is 22.6. The number of imidazole rings is 1. The molecule has 3 aromatic rings. The molecule has 1 aromatic carbocycles. The van der Waals surface area contributed by atoms with Crippen LogP contribution in [0.15, 0.2) is 40.8 Å². The first kappa shape index (κ1) is 28.7. The maximum atomic E-state index is 12.9. The second kappa shape index (κ2) is 13.7. The Balaban J connectivity index is 1.37. The van der Waals surface area contributed by atoms with E-state index in [-0.39, 0.29) is 36.4 Å². The van der Waals surface area contributed by atoms with Crippen molar-refractivity contribution < 1.29 is 28.6 Å². The molecule has 0 atom stereocenters. The fourth-order valence-electron chi connectivity index (χ4n) is 4.67. The van der Waals surface area contributed by atoms with Gasteiger partial charge in [-0.1, -0.05) is 25.5 Å². The highest BCUT2D eigenvalue weighted by molar-refractivity contribution is 6.00. The van der Waals surface area contributed by atoms with Crippen molar-refractivity contribution in [2.45, 2.75) is 51.9 Å². The molecule has 4 amide bonds. The molecule has 1 saturated heterocycles. The van der Waals surface area contributed by atoms with Crippen molar-refractivity contribution >= 4 is 29.5 Å². The first-order chi connectivity index (χ1) is 19.3. The number of carbonyl (C=O) groups excluding carboxylic acids is 3. The number of amides is 4. The van der Waals surface area contributed by atoms with E-state index in [0.29, 0.717) is 36.3 Å². The quantitative estimate of drug-likeness (QED) is 0.236. The zero-order chi connectivity index (χ0) is 28.5. The molecule has 214 valence electrons. The Morgan fingerprint density at radius 2 is 1.90 bits per heavy atom. The van der Waals surface area contributed by atoms with E-state index in [2.05, 4.69) is 27.5 Å². The van der Waals surface area contributed by atoms with Gasteiger partial charge >= 0.3 is 12.1 Å². The highest BCUT2D eigenvalue weighted by Gasteiger charge is 2.25. The van der Waals surface area contributed by atoms with Crippen LogP contribution in [0, 0.1) is 5.92 Å². The Morgan fingerprint density at radius 1 is 1.15 bits per heavy atom. The number of anilines is 2. The number of ether oxygens (including phenoxy) is 1. The number of hydrogen-bond donors (Lipinski definition) is 5. The van der Waals surface area contributed by atoms with E-state index in [4.69, 9.17) is 20.0 Å². The number of likely N-dealkylation sites (tertiary alicyclic amines) is 1. The van der Waals surface area contributed by atoms with Gasteiger partial charge in [-0.05, 0) is 67.9 Å². The molecule has 1 fully saturated rings. The lowest BCUT2D eigenvalue weighted by molar-refractivity contribution is 0.0644. The van der Waals surface area contributed by atoms with Crippen LogP contribution < -0.4 is 21.1 Å². The first-order valence-corrected chi connectivity index (χ1v) is 13.6. The number of piperidine rings is 1. The van der Waals surface area contributed by atoms with Crippen LogP contribution in [0.3, 0.4) is 0 Å². The van der Waals surface area contributed by atoms with Gasteiger partial charge in [0, 0.05) is 25.4 Å². The number of primary amides is 1. The van der Waals surface area contributed by atoms with Gasteiger partial charge in [0.2, 0.25) is 0 Å². The van der Waals surface area contributed by atoms with E-state index in [1.165, 1.54) is 5.56 Å². The van der Waals surface area contributed by atoms with Gasteiger partial charge in [0.25, 0.3) is 11.8 Å². The highest BCUT2D eigenvalue weighted by atomic mass is 16.6. The molecular weight excluding hydrogens is 516 g/mol. The molecule has 12 nitrogen and oxygen atoms in total. The number of benzene rings is 1. The minimum absolute atomic E-state index is 0.0412. The third kappa shape index (κ3) is 7.85. The molecule has 0 aliphatic carbocycles. The smallest absolute Gasteiger partial charge is 0.411 e. The highest BCUT2D eigenvalue weighted by Crippen LogP contribution is 2.25. The van der Waals surface area contributed by atoms with Gasteiger partial charge in [-0.3, -0.25) is 10.1 Å². The molecule has 1 aliphatic rings. The summed E-state index contributed by atoms with van der Waals surface area (Å²) in [6.45, 7) is 3.53. The largest absolute Gasteiger partial charge is 0.455 e. The Morgan fingerprint density at radius 3 is 2.58 bits per heavy atom. The van der Waals surface area contributed by atoms with Gasteiger partial charge in [0.15, 0.2) is 11.6 Å². The van der Waals surface area contributed by atoms with E-state index in [0.717, 1.165) is 38.5 Å². The van der Waals surface area contributed by atoms with Crippen LogP contribution in [0.1, 0.15) is 66.7 Å². The van der Waals surface area contributed by atoms with Crippen LogP contribution in [0.2, 0.25) is 0 Å². The maximum absolute atomic E-state index is 12.9. The second-order valence-corrected chi connectivity index (χ2v) is 9.85. The van der Waals surface area contributed by atoms with Gasteiger partial charge in [0.1, 0.15) is 11.6 Å². The topological polar surface area (TPSA) is 176 Å². The summed E-state index contributed by atoms with van der Waals surface area (Å²) in [5.41, 5.74) is 6.96. The van der Waals surface area contributed by atoms with Gasteiger partial charge in [-0.2, -0.15) is 4.98 Å². The Hall–Kier alpha value is -4.32. The van der Waals surface area contributed by atoms with Crippen LogP contribution in [0.4, 0.5) is 21.1 Å². The number of aryl methyl sites for hydroxylation is 1. The van der Waals surface area contributed by atoms with Crippen molar-refractivity contribution in [3.05, 3.63) is 59.3 Å². The van der Waals surface area contributed by atoms with Crippen molar-refractivity contribution in [3.8, 4) is 5.88 Å². The predicted molar refractivity (Wildman–Crippen MR) is 148 cm³/mol. The Kier molecular flexibility index (Phi) is 9.79. The minimum atomic E-state index is -1.09. The molecule has 3 heterocycles. The second-order valence-electron chi connectivity index (χ2n) is 9.85. The number of aromatic amines is 1. The van der Waals surface area contributed by atoms with Crippen LogP contribution in [-0.4, -0.2) is 57.7 Å². The van der Waals surface area contributed by atoms with Gasteiger partial charge < -0.3 is 35.2 Å². The number of nitrogens with two attached hydrogens (primary N) is 1. The zero-order valence-corrected chi connectivity index (χ0v) is 22.6. The number of H-pyrrole nitrogens is 1. The van der Waals surface area contributed by atoms with Crippen LogP contribution in [-0.2, 0) is 12.8 Å². The summed E-state index contributed by atoms with van der Waals surface area (Å²) in [4.78, 5) is 45.8. The lowest BCUT2D eigenvalue weighted by Crippen LogP contribution is -2.38. The Bertz CT molecular complexity index is 1290. The number of unbranched alkanes of at least 4 members (excludes halogenated alkanes) is 1. The van der Waals surface area contributed by atoms with Crippen molar-refractivity contribution in [3.63, 3.8) is 0 Å². The number of hydrogen-bond acceptors (Lipinski definition) is 7. The molecule has 2 aromatic heterocycles. The molecule has 6 N–H and O–H groups in total. The molecule has 0 unspecified atom stereocenters. The van der Waals surface area contributed by atoms with Crippen LogP contribution in [0.5, 0.6) is 5.88 Å². The number of nitrogens with zero attached hydrogens (tertiary/aromatic N) is 2. The monoisotopic (exact) mass is 552 g/mol. The van der Waals surface area contributed by atoms with Gasteiger partial charge in [0.05, 0.1) is 6.42 Å². The number of urea groups is 1. The average molecular weight is 553 g/mol. The number of nitrogens with one attached hydrogen (secondary N) is 3. The summed E-state index contributed by atoms with van der Waals surface area (Å²) < 4.78 is 10.7. The van der Waals surface area contributed by atoms with Gasteiger partial charge in [-0.15, -0.1) is 0 Å². The number of rotatable bonds is 11. The Labute approximate surface area is 232 Å². The molecule has 4 rings (SSSR count). The molecule has 0 spiro atoms. The summed E-state index contributed by atoms with van der Waals surface area (Å²) in [6, 6.07) is 10.3. The fraction of sp³-hybridized carbons (Fsp3) is 0.429. The van der Waals surface area contributed by atoms with Crippen molar-refractivity contribution in [1.82, 2.24) is 14.9 Å². The van der Waals surface area contributed by atoms with E-state index in [1.54, 1.807) is 17.0 Å². The number of aromatic nitrogens is 2. The number of aliphatic hydroxyl groups excluding tert-OH is 1. The summed E-state index contributed by atoms with van der Waals surface area (Å²) in [7, 11) is 0. The minimum Gasteiger partial charge on any atom is -0.455 e. The molecule has 12 heteroatoms. The van der Waals surface area contributed by atoms with Crippen LogP contribution >= 0.6 is 0 Å². The molecule has 40 heavy (non-hydrogen) atoms. The van der Waals surface area contributed by atoms with Crippen LogP contribution in [0.25, 0.3) is 0 Å². The summed E-state index contributed by atoms with van der Waals surface area (Å²) in [6.07, 6.45) is 4.69. The summed E-state index contributed by atoms with van der Waals surface area (Å²) >= 11 is 0. The van der Waals surface area contributed by atoms with E-state index in [9.17, 15) is 14.4 Å². The lowest BCUT2D eigenvalue weighted by atomic mass is 9.94. The molecule has 0 radical (unpaired) electrons. The first-order valence-electron chi connectivity index (χ1n) is 13.6. The average Bonchev–Trinajstić information content (AvgIpc) is 3.55. The van der Waals surface area contributed by atoms with Crippen molar-refractivity contribution in [1.29, 1.82) is 0 Å². The summed E-state index contributed by atoms with van der Waals surface area (Å²) in [5.74, 6) is 1.08. The predicted octanol–water partition coefficient (Wildman–Crippen LogP) is 4.27.